The maximum absolute atomic E-state index is 12.9. The topological polar surface area (TPSA) is 58.4 Å². The molecule has 0 radical (unpaired) electrons. The van der Waals surface area contributed by atoms with Crippen LogP contribution in [0, 0.1) is 12.8 Å². The lowest BCUT2D eigenvalue weighted by atomic mass is 9.94. The predicted molar refractivity (Wildman–Crippen MR) is 112 cm³/mol. The highest BCUT2D eigenvalue weighted by molar-refractivity contribution is 5.94. The van der Waals surface area contributed by atoms with Gasteiger partial charge in [-0.15, -0.1) is 0 Å². The van der Waals surface area contributed by atoms with Crippen LogP contribution in [0.2, 0.25) is 0 Å². The molecule has 154 valence electrons. The zero-order valence-corrected chi connectivity index (χ0v) is 17.2. The summed E-state index contributed by atoms with van der Waals surface area (Å²) in [7, 11) is 0. The van der Waals surface area contributed by atoms with E-state index in [0.717, 1.165) is 50.2 Å². The average molecular weight is 395 g/mol. The van der Waals surface area contributed by atoms with E-state index >= 15 is 0 Å². The average Bonchev–Trinajstić information content (AvgIpc) is 3.01. The van der Waals surface area contributed by atoms with Gasteiger partial charge in [-0.1, -0.05) is 12.8 Å². The highest BCUT2D eigenvalue weighted by atomic mass is 16.2. The number of piperidine rings is 1. The van der Waals surface area contributed by atoms with Crippen LogP contribution in [0.5, 0.6) is 0 Å². The van der Waals surface area contributed by atoms with Gasteiger partial charge < -0.3 is 9.80 Å². The maximum Gasteiger partial charge on any atom is 0.253 e. The molecule has 0 spiro atoms. The van der Waals surface area contributed by atoms with Crippen LogP contribution in [0.1, 0.15) is 54.6 Å². The van der Waals surface area contributed by atoms with E-state index in [-0.39, 0.29) is 11.8 Å². The molecule has 0 atom stereocenters. The molecule has 6 nitrogen and oxygen atoms in total. The molecule has 0 saturated carbocycles. The molecular weight excluding hydrogens is 364 g/mol. The summed E-state index contributed by atoms with van der Waals surface area (Å²) in [6.07, 6.45) is 8.02. The zero-order valence-electron chi connectivity index (χ0n) is 17.2. The van der Waals surface area contributed by atoms with Crippen molar-refractivity contribution >= 4 is 11.8 Å². The number of carbonyl (C=O) groups is 2. The minimum atomic E-state index is 0.0504. The van der Waals surface area contributed by atoms with Gasteiger partial charge in [-0.3, -0.25) is 9.59 Å². The summed E-state index contributed by atoms with van der Waals surface area (Å²) in [5.41, 5.74) is 2.70. The maximum atomic E-state index is 12.9. The molecule has 1 aromatic carbocycles. The molecule has 0 N–H and O–H groups in total. The van der Waals surface area contributed by atoms with Gasteiger partial charge in [0.1, 0.15) is 0 Å². The van der Waals surface area contributed by atoms with Crippen molar-refractivity contribution in [3.05, 3.63) is 47.8 Å². The van der Waals surface area contributed by atoms with Gasteiger partial charge in [0.05, 0.1) is 5.69 Å². The molecule has 2 aliphatic heterocycles. The van der Waals surface area contributed by atoms with Crippen molar-refractivity contribution in [1.82, 2.24) is 19.6 Å². The number of rotatable bonds is 3. The van der Waals surface area contributed by atoms with Crippen molar-refractivity contribution in [2.75, 3.05) is 26.2 Å². The van der Waals surface area contributed by atoms with E-state index in [1.165, 1.54) is 12.8 Å². The number of amides is 2. The van der Waals surface area contributed by atoms with E-state index in [2.05, 4.69) is 10.00 Å². The Morgan fingerprint density at radius 2 is 1.52 bits per heavy atom. The number of likely N-dealkylation sites (tertiary alicyclic amines) is 2. The van der Waals surface area contributed by atoms with E-state index in [0.29, 0.717) is 24.6 Å². The van der Waals surface area contributed by atoms with E-state index in [1.807, 2.05) is 46.8 Å². The number of carbonyl (C=O) groups excluding carboxylic acids is 2. The van der Waals surface area contributed by atoms with Crippen molar-refractivity contribution < 1.29 is 9.59 Å². The van der Waals surface area contributed by atoms with Crippen molar-refractivity contribution in [3.63, 3.8) is 0 Å². The molecule has 0 aliphatic carbocycles. The Kier molecular flexibility index (Phi) is 5.97. The molecule has 2 amide bonds. The van der Waals surface area contributed by atoms with E-state index in [9.17, 15) is 9.59 Å². The Hall–Kier alpha value is -2.63. The lowest BCUT2D eigenvalue weighted by molar-refractivity contribution is -0.136. The third kappa shape index (κ3) is 4.36. The van der Waals surface area contributed by atoms with Crippen LogP contribution < -0.4 is 0 Å². The van der Waals surface area contributed by atoms with Crippen LogP contribution in [0.3, 0.4) is 0 Å². The Balaban J connectivity index is 1.34. The van der Waals surface area contributed by atoms with Crippen molar-refractivity contribution in [3.8, 4) is 5.69 Å². The second kappa shape index (κ2) is 8.80. The molecule has 29 heavy (non-hydrogen) atoms. The molecule has 3 heterocycles. The first-order valence-corrected chi connectivity index (χ1v) is 10.8. The van der Waals surface area contributed by atoms with Gasteiger partial charge in [0.15, 0.2) is 0 Å². The summed E-state index contributed by atoms with van der Waals surface area (Å²) in [6.45, 7) is 5.12. The third-order valence-corrected chi connectivity index (χ3v) is 6.24. The third-order valence-electron chi connectivity index (χ3n) is 6.24. The smallest absolute Gasteiger partial charge is 0.253 e. The number of benzene rings is 1. The lowest BCUT2D eigenvalue weighted by Crippen LogP contribution is -2.44. The summed E-state index contributed by atoms with van der Waals surface area (Å²) in [6, 6.07) is 9.56. The number of nitrogens with zero attached hydrogens (tertiary/aromatic N) is 4. The fourth-order valence-electron chi connectivity index (χ4n) is 4.45. The van der Waals surface area contributed by atoms with Crippen LogP contribution in [-0.2, 0) is 4.79 Å². The molecule has 2 aliphatic rings. The number of hydrogen-bond donors (Lipinski definition) is 0. The standard InChI is InChI=1S/C23H30N4O2/c1-18-10-13-24-27(18)21-8-6-19(7-9-21)22(28)26-16-11-20(12-17-26)23(29)25-14-4-2-3-5-15-25/h6-10,13,20H,2-5,11-12,14-17H2,1H3. The molecule has 0 unspecified atom stereocenters. The van der Waals surface area contributed by atoms with Crippen LogP contribution >= 0.6 is 0 Å². The summed E-state index contributed by atoms with van der Waals surface area (Å²) < 4.78 is 1.86. The number of aryl methyl sites for hydroxylation is 1. The van der Waals surface area contributed by atoms with Crippen molar-refractivity contribution in [2.24, 2.45) is 5.92 Å². The summed E-state index contributed by atoms with van der Waals surface area (Å²) in [4.78, 5) is 29.7. The fourth-order valence-corrected chi connectivity index (χ4v) is 4.45. The normalized spacial score (nSPS) is 18.5. The molecule has 2 fully saturated rings. The molecule has 6 heteroatoms. The first kappa shape index (κ1) is 19.7. The Bertz CT molecular complexity index is 842. The van der Waals surface area contributed by atoms with Crippen LogP contribution in [0.25, 0.3) is 5.69 Å². The Labute approximate surface area is 172 Å². The zero-order chi connectivity index (χ0) is 20.2. The van der Waals surface area contributed by atoms with Gasteiger partial charge >= 0.3 is 0 Å². The summed E-state index contributed by atoms with van der Waals surface area (Å²) in [5.74, 6) is 0.426. The minimum absolute atomic E-state index is 0.0504. The number of aromatic nitrogens is 2. The van der Waals surface area contributed by atoms with Gasteiger partial charge in [-0.05, 0) is 62.9 Å². The van der Waals surface area contributed by atoms with Crippen molar-refractivity contribution in [1.29, 1.82) is 0 Å². The van der Waals surface area contributed by atoms with Gasteiger partial charge in [0.2, 0.25) is 5.91 Å². The van der Waals surface area contributed by atoms with Crippen molar-refractivity contribution in [2.45, 2.75) is 45.4 Å². The molecule has 4 rings (SSSR count). The fraction of sp³-hybridized carbons (Fsp3) is 0.522. The minimum Gasteiger partial charge on any atom is -0.342 e. The highest BCUT2D eigenvalue weighted by Gasteiger charge is 2.30. The molecular formula is C23H30N4O2. The Morgan fingerprint density at radius 3 is 2.10 bits per heavy atom. The molecule has 2 saturated heterocycles. The van der Waals surface area contributed by atoms with Gasteiger partial charge in [-0.2, -0.15) is 5.10 Å². The Morgan fingerprint density at radius 1 is 0.862 bits per heavy atom. The van der Waals surface area contributed by atoms with Gasteiger partial charge in [0.25, 0.3) is 5.91 Å². The molecule has 1 aromatic heterocycles. The molecule has 0 bridgehead atoms. The largest absolute Gasteiger partial charge is 0.342 e. The quantitative estimate of drug-likeness (QED) is 0.801. The van der Waals surface area contributed by atoms with Crippen LogP contribution in [0.15, 0.2) is 36.5 Å². The van der Waals surface area contributed by atoms with Crippen LogP contribution in [-0.4, -0.2) is 57.6 Å². The number of hydrogen-bond acceptors (Lipinski definition) is 3. The second-order valence-electron chi connectivity index (χ2n) is 8.24. The first-order valence-electron chi connectivity index (χ1n) is 10.8. The summed E-state index contributed by atoms with van der Waals surface area (Å²) >= 11 is 0. The van der Waals surface area contributed by atoms with Gasteiger partial charge in [-0.25, -0.2) is 4.68 Å². The first-order chi connectivity index (χ1) is 14.1. The monoisotopic (exact) mass is 394 g/mol. The molecule has 2 aromatic rings. The highest BCUT2D eigenvalue weighted by Crippen LogP contribution is 2.23. The van der Waals surface area contributed by atoms with Gasteiger partial charge in [0, 0.05) is 49.6 Å². The lowest BCUT2D eigenvalue weighted by Gasteiger charge is -2.34. The predicted octanol–water partition coefficient (Wildman–Crippen LogP) is 3.44. The SMILES string of the molecule is Cc1ccnn1-c1ccc(C(=O)N2CCC(C(=O)N3CCCCCC3)CC2)cc1. The second-order valence-corrected chi connectivity index (χ2v) is 8.24. The summed E-state index contributed by atoms with van der Waals surface area (Å²) in [5, 5.41) is 4.30. The van der Waals surface area contributed by atoms with E-state index in [4.69, 9.17) is 0 Å². The van der Waals surface area contributed by atoms with Crippen LogP contribution in [0.4, 0.5) is 0 Å². The van der Waals surface area contributed by atoms with E-state index < -0.39 is 0 Å². The van der Waals surface area contributed by atoms with E-state index in [1.54, 1.807) is 6.20 Å².